The van der Waals surface area contributed by atoms with Gasteiger partial charge in [0.2, 0.25) is 0 Å². The summed E-state index contributed by atoms with van der Waals surface area (Å²) in [5.74, 6) is 0.673. The van der Waals surface area contributed by atoms with Crippen LogP contribution in [-0.2, 0) is 7.05 Å². The van der Waals surface area contributed by atoms with Crippen molar-refractivity contribution in [1.82, 2.24) is 14.8 Å². The molecule has 0 aliphatic carbocycles. The predicted molar refractivity (Wildman–Crippen MR) is 51.2 cm³/mol. The van der Waals surface area contributed by atoms with Gasteiger partial charge in [0.15, 0.2) is 5.16 Å². The minimum Gasteiger partial charge on any atom is -0.244 e. The van der Waals surface area contributed by atoms with Crippen LogP contribution in [0.25, 0.3) is 0 Å². The molecule has 3 nitrogen and oxygen atoms in total. The first-order chi connectivity index (χ1) is 5.61. The molecular weight excluding hydrogens is 170 g/mol. The molecule has 1 rings (SSSR count). The van der Waals surface area contributed by atoms with E-state index in [4.69, 9.17) is 0 Å². The second-order valence-corrected chi connectivity index (χ2v) is 4.58. The number of thioether (sulfide) groups is 1. The van der Waals surface area contributed by atoms with E-state index < -0.39 is 0 Å². The summed E-state index contributed by atoms with van der Waals surface area (Å²) in [7, 11) is 1.92. The molecule has 1 aromatic rings. The molecule has 0 spiro atoms. The van der Waals surface area contributed by atoms with Crippen LogP contribution in [0.15, 0.2) is 11.5 Å². The van der Waals surface area contributed by atoms with Gasteiger partial charge in [0.1, 0.15) is 6.33 Å². The van der Waals surface area contributed by atoms with Crippen molar-refractivity contribution in [3.63, 3.8) is 0 Å². The Hall–Kier alpha value is -0.510. The average molecular weight is 185 g/mol. The molecule has 1 atom stereocenters. The molecule has 0 aliphatic rings. The highest BCUT2D eigenvalue weighted by Gasteiger charge is 2.11. The van der Waals surface area contributed by atoms with Crippen molar-refractivity contribution in [2.45, 2.75) is 31.2 Å². The molecule has 0 aliphatic heterocycles. The summed E-state index contributed by atoms with van der Waals surface area (Å²) in [4.78, 5) is 4.15. The highest BCUT2D eigenvalue weighted by atomic mass is 32.2. The lowest BCUT2D eigenvalue weighted by Crippen LogP contribution is -2.07. The summed E-state index contributed by atoms with van der Waals surface area (Å²) in [6, 6.07) is 0. The highest BCUT2D eigenvalue weighted by Crippen LogP contribution is 2.24. The lowest BCUT2D eigenvalue weighted by molar-refractivity contribution is 0.631. The molecule has 4 heteroatoms. The molecule has 68 valence electrons. The summed E-state index contributed by atoms with van der Waals surface area (Å²) in [5, 5.41) is 5.60. The van der Waals surface area contributed by atoms with E-state index in [1.807, 2.05) is 11.7 Å². The van der Waals surface area contributed by atoms with Crippen molar-refractivity contribution in [1.29, 1.82) is 0 Å². The summed E-state index contributed by atoms with van der Waals surface area (Å²) in [6.45, 7) is 6.64. The Balaban J connectivity index is 2.58. The highest BCUT2D eigenvalue weighted by molar-refractivity contribution is 7.99. The minimum absolute atomic E-state index is 0.591. The van der Waals surface area contributed by atoms with E-state index in [1.165, 1.54) is 0 Å². The molecule has 0 saturated heterocycles. The SMILES string of the molecule is CC(C)C(C)Sc1ncnn1C. The van der Waals surface area contributed by atoms with Gasteiger partial charge in [-0.25, -0.2) is 9.67 Å². The van der Waals surface area contributed by atoms with Crippen LogP contribution in [0.3, 0.4) is 0 Å². The van der Waals surface area contributed by atoms with E-state index >= 15 is 0 Å². The average Bonchev–Trinajstić information content (AvgIpc) is 2.36. The Morgan fingerprint density at radius 1 is 1.42 bits per heavy atom. The number of hydrogen-bond acceptors (Lipinski definition) is 3. The number of nitrogens with zero attached hydrogens (tertiary/aromatic N) is 3. The van der Waals surface area contributed by atoms with Crippen LogP contribution in [-0.4, -0.2) is 20.0 Å². The van der Waals surface area contributed by atoms with Gasteiger partial charge in [-0.05, 0) is 5.92 Å². The maximum Gasteiger partial charge on any atom is 0.186 e. The minimum atomic E-state index is 0.591. The van der Waals surface area contributed by atoms with Gasteiger partial charge in [-0.1, -0.05) is 32.5 Å². The normalized spacial score (nSPS) is 13.8. The molecule has 0 N–H and O–H groups in total. The van der Waals surface area contributed by atoms with Crippen LogP contribution in [0, 0.1) is 5.92 Å². The Bertz CT molecular complexity index is 244. The molecule has 0 radical (unpaired) electrons. The van der Waals surface area contributed by atoms with Gasteiger partial charge in [0.05, 0.1) is 0 Å². The van der Waals surface area contributed by atoms with E-state index in [1.54, 1.807) is 18.1 Å². The topological polar surface area (TPSA) is 30.7 Å². The molecule has 0 amide bonds. The molecule has 0 aromatic carbocycles. The van der Waals surface area contributed by atoms with Crippen molar-refractivity contribution in [2.24, 2.45) is 13.0 Å². The Labute approximate surface area is 77.6 Å². The molecule has 1 aromatic heterocycles. The Morgan fingerprint density at radius 3 is 2.50 bits per heavy atom. The standard InChI is InChI=1S/C8H15N3S/c1-6(2)7(3)12-8-9-5-10-11(8)4/h5-7H,1-4H3. The number of aromatic nitrogens is 3. The van der Waals surface area contributed by atoms with Crippen LogP contribution in [0.2, 0.25) is 0 Å². The van der Waals surface area contributed by atoms with Crippen molar-refractivity contribution in [2.75, 3.05) is 0 Å². The second kappa shape index (κ2) is 3.94. The fourth-order valence-corrected chi connectivity index (χ4v) is 1.61. The van der Waals surface area contributed by atoms with Gasteiger partial charge in [-0.3, -0.25) is 0 Å². The first kappa shape index (κ1) is 9.58. The summed E-state index contributed by atoms with van der Waals surface area (Å²) < 4.78 is 1.81. The molecule has 12 heavy (non-hydrogen) atoms. The first-order valence-electron chi connectivity index (χ1n) is 4.12. The van der Waals surface area contributed by atoms with Crippen molar-refractivity contribution in [3.05, 3.63) is 6.33 Å². The summed E-state index contributed by atoms with van der Waals surface area (Å²) in [5.41, 5.74) is 0. The molecule has 1 heterocycles. The van der Waals surface area contributed by atoms with Gasteiger partial charge < -0.3 is 0 Å². The first-order valence-corrected chi connectivity index (χ1v) is 5.00. The van der Waals surface area contributed by atoms with Crippen LogP contribution < -0.4 is 0 Å². The van der Waals surface area contributed by atoms with Crippen LogP contribution in [0.1, 0.15) is 20.8 Å². The third kappa shape index (κ3) is 2.24. The van der Waals surface area contributed by atoms with Crippen molar-refractivity contribution < 1.29 is 0 Å². The second-order valence-electron chi connectivity index (χ2n) is 3.23. The molecule has 0 saturated carbocycles. The smallest absolute Gasteiger partial charge is 0.186 e. The molecular formula is C8H15N3S. The lowest BCUT2D eigenvalue weighted by atomic mass is 10.2. The van der Waals surface area contributed by atoms with Gasteiger partial charge in [0.25, 0.3) is 0 Å². The Kier molecular flexibility index (Phi) is 3.14. The van der Waals surface area contributed by atoms with Crippen molar-refractivity contribution >= 4 is 11.8 Å². The fourth-order valence-electron chi connectivity index (χ4n) is 0.695. The predicted octanol–water partition coefficient (Wildman–Crippen LogP) is 1.95. The number of aryl methyl sites for hydroxylation is 1. The van der Waals surface area contributed by atoms with Crippen LogP contribution >= 0.6 is 11.8 Å². The van der Waals surface area contributed by atoms with Crippen LogP contribution in [0.4, 0.5) is 0 Å². The van der Waals surface area contributed by atoms with E-state index in [2.05, 4.69) is 30.9 Å². The summed E-state index contributed by atoms with van der Waals surface area (Å²) in [6.07, 6.45) is 1.59. The quantitative estimate of drug-likeness (QED) is 0.674. The van der Waals surface area contributed by atoms with E-state index in [9.17, 15) is 0 Å². The zero-order chi connectivity index (χ0) is 9.14. The van der Waals surface area contributed by atoms with E-state index in [0.29, 0.717) is 11.2 Å². The molecule has 1 unspecified atom stereocenters. The molecule has 0 fully saturated rings. The zero-order valence-electron chi connectivity index (χ0n) is 7.98. The van der Waals surface area contributed by atoms with Crippen molar-refractivity contribution in [3.8, 4) is 0 Å². The number of hydrogen-bond donors (Lipinski definition) is 0. The summed E-state index contributed by atoms with van der Waals surface area (Å²) >= 11 is 1.77. The zero-order valence-corrected chi connectivity index (χ0v) is 8.80. The van der Waals surface area contributed by atoms with Gasteiger partial charge in [-0.2, -0.15) is 5.10 Å². The van der Waals surface area contributed by atoms with Gasteiger partial charge in [-0.15, -0.1) is 0 Å². The third-order valence-electron chi connectivity index (χ3n) is 1.90. The van der Waals surface area contributed by atoms with Crippen LogP contribution in [0.5, 0.6) is 0 Å². The lowest BCUT2D eigenvalue weighted by Gasteiger charge is -2.13. The fraction of sp³-hybridized carbons (Fsp3) is 0.750. The van der Waals surface area contributed by atoms with Gasteiger partial charge >= 0.3 is 0 Å². The number of rotatable bonds is 3. The maximum atomic E-state index is 4.15. The maximum absolute atomic E-state index is 4.15. The molecule has 0 bridgehead atoms. The van der Waals surface area contributed by atoms with Gasteiger partial charge in [0, 0.05) is 12.3 Å². The third-order valence-corrected chi connectivity index (χ3v) is 3.40. The van der Waals surface area contributed by atoms with E-state index in [0.717, 1.165) is 5.16 Å². The van der Waals surface area contributed by atoms with E-state index in [-0.39, 0.29) is 0 Å². The largest absolute Gasteiger partial charge is 0.244 e. The monoisotopic (exact) mass is 185 g/mol. The Morgan fingerprint density at radius 2 is 2.08 bits per heavy atom.